The van der Waals surface area contributed by atoms with Gasteiger partial charge in [-0.05, 0) is 49.2 Å². The van der Waals surface area contributed by atoms with Crippen LogP contribution in [0, 0.1) is 19.7 Å². The fourth-order valence-electron chi connectivity index (χ4n) is 2.51. The van der Waals surface area contributed by atoms with Crippen molar-refractivity contribution in [2.24, 2.45) is 7.05 Å². The highest BCUT2D eigenvalue weighted by Gasteiger charge is 2.14. The monoisotopic (exact) mass is 478 g/mol. The lowest BCUT2D eigenvalue weighted by Gasteiger charge is -2.10. The number of anilines is 1. The van der Waals surface area contributed by atoms with Gasteiger partial charge in [0.25, 0.3) is 0 Å². The third kappa shape index (κ3) is 5.57. The second-order valence-corrected chi connectivity index (χ2v) is 8.33. The maximum absolute atomic E-state index is 13.8. The van der Waals surface area contributed by atoms with Crippen molar-refractivity contribution >= 4 is 39.3 Å². The molecule has 0 saturated heterocycles. The number of thioether (sulfide) groups is 1. The molecule has 0 aliphatic carbocycles. The van der Waals surface area contributed by atoms with Gasteiger partial charge < -0.3 is 14.6 Å². The Hall–Kier alpha value is -2.39. The number of rotatable bonds is 7. The summed E-state index contributed by atoms with van der Waals surface area (Å²) < 4.78 is 22.1. The van der Waals surface area contributed by atoms with Gasteiger partial charge >= 0.3 is 0 Å². The number of benzene rings is 2. The predicted octanol–water partition coefficient (Wildman–Crippen LogP) is 4.64. The van der Waals surface area contributed by atoms with Crippen LogP contribution in [0.5, 0.6) is 5.75 Å². The van der Waals surface area contributed by atoms with Crippen molar-refractivity contribution in [1.82, 2.24) is 14.8 Å². The smallest absolute Gasteiger partial charge is 0.234 e. The number of hydrogen-bond donors (Lipinski definition) is 1. The molecule has 29 heavy (non-hydrogen) atoms. The Morgan fingerprint density at radius 2 is 2.03 bits per heavy atom. The zero-order valence-corrected chi connectivity index (χ0v) is 18.6. The van der Waals surface area contributed by atoms with E-state index in [0.717, 1.165) is 16.9 Å². The van der Waals surface area contributed by atoms with Gasteiger partial charge in [-0.25, -0.2) is 4.39 Å². The summed E-state index contributed by atoms with van der Waals surface area (Å²) in [5.74, 6) is 0.708. The average Bonchev–Trinajstić information content (AvgIpc) is 3.03. The van der Waals surface area contributed by atoms with Crippen molar-refractivity contribution in [3.05, 3.63) is 63.6 Å². The van der Waals surface area contributed by atoms with Gasteiger partial charge in [-0.1, -0.05) is 39.8 Å². The summed E-state index contributed by atoms with van der Waals surface area (Å²) in [5, 5.41) is 11.4. The highest BCUT2D eigenvalue weighted by molar-refractivity contribution is 9.10. The Kier molecular flexibility index (Phi) is 6.92. The first-order valence-corrected chi connectivity index (χ1v) is 10.6. The van der Waals surface area contributed by atoms with E-state index in [1.165, 1.54) is 23.9 Å². The highest BCUT2D eigenvalue weighted by atomic mass is 79.9. The lowest BCUT2D eigenvalue weighted by Crippen LogP contribution is -2.15. The molecule has 152 valence electrons. The molecular weight excluding hydrogens is 459 g/mol. The summed E-state index contributed by atoms with van der Waals surface area (Å²) in [6.07, 6.45) is 0. The van der Waals surface area contributed by atoms with E-state index in [2.05, 4.69) is 31.4 Å². The first-order chi connectivity index (χ1) is 13.8. The number of halogens is 2. The van der Waals surface area contributed by atoms with E-state index in [4.69, 9.17) is 4.74 Å². The fourth-order valence-corrected chi connectivity index (χ4v) is 3.57. The molecule has 0 saturated carbocycles. The molecule has 0 radical (unpaired) electrons. The average molecular weight is 479 g/mol. The van der Waals surface area contributed by atoms with Gasteiger partial charge in [-0.3, -0.25) is 4.79 Å². The minimum absolute atomic E-state index is 0.0827. The van der Waals surface area contributed by atoms with E-state index in [0.29, 0.717) is 15.5 Å². The second-order valence-electron chi connectivity index (χ2n) is 6.48. The number of carbonyl (C=O) groups excluding carboxylic acids is 1. The molecule has 2 aromatic carbocycles. The van der Waals surface area contributed by atoms with Crippen molar-refractivity contribution in [3.8, 4) is 5.75 Å². The number of aromatic nitrogens is 3. The maximum atomic E-state index is 13.8. The van der Waals surface area contributed by atoms with Crippen LogP contribution in [0.3, 0.4) is 0 Å². The largest absolute Gasteiger partial charge is 0.485 e. The van der Waals surface area contributed by atoms with Gasteiger partial charge in [0.2, 0.25) is 5.91 Å². The van der Waals surface area contributed by atoms with Gasteiger partial charge in [0.05, 0.1) is 11.4 Å². The number of aryl methyl sites for hydroxylation is 2. The molecule has 0 aliphatic heterocycles. The van der Waals surface area contributed by atoms with Gasteiger partial charge in [0, 0.05) is 11.5 Å². The topological polar surface area (TPSA) is 69.0 Å². The highest BCUT2D eigenvalue weighted by Crippen LogP contribution is 2.22. The molecule has 9 heteroatoms. The van der Waals surface area contributed by atoms with Crippen LogP contribution in [-0.4, -0.2) is 26.4 Å². The number of carbonyl (C=O) groups is 1. The number of nitrogens with one attached hydrogen (secondary N) is 1. The molecule has 0 unspecified atom stereocenters. The summed E-state index contributed by atoms with van der Waals surface area (Å²) in [6.45, 7) is 4.26. The quantitative estimate of drug-likeness (QED) is 0.500. The molecule has 3 aromatic rings. The predicted molar refractivity (Wildman–Crippen MR) is 115 cm³/mol. The van der Waals surface area contributed by atoms with E-state index in [9.17, 15) is 9.18 Å². The first kappa shape index (κ1) is 21.3. The molecule has 1 amide bonds. The summed E-state index contributed by atoms with van der Waals surface area (Å²) >= 11 is 4.41. The molecule has 0 bridgehead atoms. The molecule has 3 rings (SSSR count). The molecule has 0 fully saturated rings. The number of amides is 1. The summed E-state index contributed by atoms with van der Waals surface area (Å²) in [7, 11) is 1.82. The minimum Gasteiger partial charge on any atom is -0.485 e. The van der Waals surface area contributed by atoms with E-state index < -0.39 is 5.82 Å². The number of ether oxygens (including phenoxy) is 1. The molecule has 1 aromatic heterocycles. The zero-order chi connectivity index (χ0) is 21.0. The fraction of sp³-hybridized carbons (Fsp3) is 0.250. The summed E-state index contributed by atoms with van der Waals surface area (Å²) in [4.78, 5) is 12.1. The Bertz CT molecular complexity index is 1040. The first-order valence-electron chi connectivity index (χ1n) is 8.79. The third-order valence-corrected chi connectivity index (χ3v) is 5.68. The van der Waals surface area contributed by atoms with Crippen LogP contribution in [0.15, 0.2) is 46.0 Å². The van der Waals surface area contributed by atoms with Gasteiger partial charge in [0.1, 0.15) is 18.2 Å². The Labute approximate surface area is 181 Å². The SMILES string of the molecule is Cc1ccc(C)c(OCc2nnc(SCC(=O)Nc3ccc(Br)cc3F)n2C)c1. The lowest BCUT2D eigenvalue weighted by atomic mass is 10.1. The summed E-state index contributed by atoms with van der Waals surface area (Å²) in [6, 6.07) is 10.5. The Morgan fingerprint density at radius 3 is 2.79 bits per heavy atom. The standard InChI is InChI=1S/C20H20BrFN4O2S/c1-12-4-5-13(2)17(8-12)28-10-18-24-25-20(26(18)3)29-11-19(27)23-16-7-6-14(21)9-15(16)22/h4-9H,10-11H2,1-3H3,(H,23,27). The zero-order valence-electron chi connectivity index (χ0n) is 16.2. The van der Waals surface area contributed by atoms with E-state index in [-0.39, 0.29) is 24.0 Å². The number of hydrogen-bond acceptors (Lipinski definition) is 5. The van der Waals surface area contributed by atoms with E-state index >= 15 is 0 Å². The maximum Gasteiger partial charge on any atom is 0.234 e. The van der Waals surface area contributed by atoms with Crippen LogP contribution in [0.4, 0.5) is 10.1 Å². The van der Waals surface area contributed by atoms with Crippen LogP contribution >= 0.6 is 27.7 Å². The molecule has 0 spiro atoms. The minimum atomic E-state index is -0.498. The van der Waals surface area contributed by atoms with Crippen molar-refractivity contribution in [2.45, 2.75) is 25.6 Å². The Balaban J connectivity index is 1.56. The van der Waals surface area contributed by atoms with Crippen LogP contribution in [-0.2, 0) is 18.4 Å². The van der Waals surface area contributed by atoms with E-state index in [1.54, 1.807) is 10.6 Å². The van der Waals surface area contributed by atoms with Crippen molar-refractivity contribution in [1.29, 1.82) is 0 Å². The molecule has 0 atom stereocenters. The van der Waals surface area contributed by atoms with Crippen LogP contribution in [0.1, 0.15) is 17.0 Å². The van der Waals surface area contributed by atoms with Gasteiger partial charge in [-0.15, -0.1) is 10.2 Å². The molecule has 1 heterocycles. The van der Waals surface area contributed by atoms with Gasteiger partial charge in [-0.2, -0.15) is 0 Å². The molecular formula is C20H20BrFN4O2S. The molecule has 6 nitrogen and oxygen atoms in total. The Morgan fingerprint density at radius 1 is 1.24 bits per heavy atom. The van der Waals surface area contributed by atoms with Crippen LogP contribution < -0.4 is 10.1 Å². The second kappa shape index (κ2) is 9.41. The number of nitrogens with zero attached hydrogens (tertiary/aromatic N) is 3. The van der Waals surface area contributed by atoms with Crippen LogP contribution in [0.25, 0.3) is 0 Å². The molecule has 1 N–H and O–H groups in total. The van der Waals surface area contributed by atoms with E-state index in [1.807, 2.05) is 39.1 Å². The summed E-state index contributed by atoms with van der Waals surface area (Å²) in [5.41, 5.74) is 2.30. The molecule has 0 aliphatic rings. The van der Waals surface area contributed by atoms with Crippen molar-refractivity contribution in [3.63, 3.8) is 0 Å². The normalized spacial score (nSPS) is 10.8. The van der Waals surface area contributed by atoms with Crippen LogP contribution in [0.2, 0.25) is 0 Å². The van der Waals surface area contributed by atoms with Crippen molar-refractivity contribution in [2.75, 3.05) is 11.1 Å². The lowest BCUT2D eigenvalue weighted by molar-refractivity contribution is -0.113. The van der Waals surface area contributed by atoms with Gasteiger partial charge in [0.15, 0.2) is 11.0 Å². The third-order valence-electron chi connectivity index (χ3n) is 4.16. The van der Waals surface area contributed by atoms with Crippen molar-refractivity contribution < 1.29 is 13.9 Å².